The molecule has 2 heterocycles. The van der Waals surface area contributed by atoms with Crippen molar-refractivity contribution < 1.29 is 14.6 Å². The molecule has 5 nitrogen and oxygen atoms in total. The highest BCUT2D eigenvalue weighted by Crippen LogP contribution is 2.17. The van der Waals surface area contributed by atoms with Gasteiger partial charge in [0.2, 0.25) is 5.91 Å². The van der Waals surface area contributed by atoms with Gasteiger partial charge in [-0.25, -0.2) is 0 Å². The van der Waals surface area contributed by atoms with Crippen LogP contribution in [0.25, 0.3) is 0 Å². The summed E-state index contributed by atoms with van der Waals surface area (Å²) < 4.78 is 5.94. The minimum absolute atomic E-state index is 0.0621. The van der Waals surface area contributed by atoms with Gasteiger partial charge in [-0.15, -0.1) is 0 Å². The molecule has 0 saturated carbocycles. The molecule has 1 saturated heterocycles. The van der Waals surface area contributed by atoms with Crippen LogP contribution in [0.3, 0.4) is 0 Å². The Morgan fingerprint density at radius 2 is 2.17 bits per heavy atom. The van der Waals surface area contributed by atoms with Gasteiger partial charge in [0.05, 0.1) is 19.1 Å². The number of carbonyl (C=O) groups excluding carboxylic acids is 1. The van der Waals surface area contributed by atoms with E-state index in [9.17, 15) is 9.90 Å². The molecule has 1 aliphatic heterocycles. The zero-order valence-corrected chi connectivity index (χ0v) is 13.6. The number of hydrogen-bond donors (Lipinski definition) is 1. The van der Waals surface area contributed by atoms with E-state index in [1.807, 2.05) is 23.1 Å². The van der Waals surface area contributed by atoms with Crippen LogP contribution >= 0.6 is 0 Å². The fourth-order valence-electron chi connectivity index (χ4n) is 2.95. The lowest BCUT2D eigenvalue weighted by molar-refractivity contribution is -0.134. The van der Waals surface area contributed by atoms with Crippen LogP contribution in [-0.2, 0) is 22.6 Å². The van der Waals surface area contributed by atoms with Gasteiger partial charge in [-0.1, -0.05) is 18.2 Å². The number of hydrogen-bond acceptors (Lipinski definition) is 4. The van der Waals surface area contributed by atoms with E-state index in [0.717, 1.165) is 30.5 Å². The van der Waals surface area contributed by atoms with Gasteiger partial charge in [-0.3, -0.25) is 9.78 Å². The maximum absolute atomic E-state index is 12.5. The van der Waals surface area contributed by atoms with Gasteiger partial charge in [0, 0.05) is 25.5 Å². The third kappa shape index (κ3) is 4.55. The summed E-state index contributed by atoms with van der Waals surface area (Å²) in [5.41, 5.74) is 1.87. The first-order chi connectivity index (χ1) is 11.7. The molecule has 0 aliphatic carbocycles. The van der Waals surface area contributed by atoms with Crippen LogP contribution in [0, 0.1) is 0 Å². The first-order valence-corrected chi connectivity index (χ1v) is 8.27. The van der Waals surface area contributed by atoms with Crippen molar-refractivity contribution >= 4 is 5.91 Å². The number of benzene rings is 1. The Balaban J connectivity index is 1.52. The van der Waals surface area contributed by atoms with Crippen molar-refractivity contribution in [2.24, 2.45) is 0 Å². The minimum Gasteiger partial charge on any atom is -0.508 e. The normalized spacial score (nSPS) is 17.7. The van der Waals surface area contributed by atoms with Crippen LogP contribution in [0.2, 0.25) is 0 Å². The molecule has 1 atom stereocenters. The number of carbonyl (C=O) groups is 1. The number of nitrogens with zero attached hydrogens (tertiary/aromatic N) is 2. The van der Waals surface area contributed by atoms with Crippen LogP contribution in [0.1, 0.15) is 24.0 Å². The Labute approximate surface area is 141 Å². The van der Waals surface area contributed by atoms with Crippen molar-refractivity contribution in [1.29, 1.82) is 0 Å². The van der Waals surface area contributed by atoms with Crippen molar-refractivity contribution in [3.63, 3.8) is 0 Å². The summed E-state index contributed by atoms with van der Waals surface area (Å²) in [6, 6.07) is 10.7. The number of amides is 1. The van der Waals surface area contributed by atoms with Gasteiger partial charge in [0.15, 0.2) is 0 Å². The number of aromatic hydroxyl groups is 1. The van der Waals surface area contributed by atoms with Gasteiger partial charge < -0.3 is 14.7 Å². The molecule has 1 fully saturated rings. The number of phenols is 1. The fourth-order valence-corrected chi connectivity index (χ4v) is 2.95. The van der Waals surface area contributed by atoms with E-state index in [0.29, 0.717) is 19.6 Å². The zero-order valence-electron chi connectivity index (χ0n) is 13.6. The van der Waals surface area contributed by atoms with E-state index in [1.165, 1.54) is 0 Å². The Morgan fingerprint density at radius 1 is 1.29 bits per heavy atom. The maximum Gasteiger partial charge on any atom is 0.227 e. The molecular formula is C19H22N2O3. The molecule has 0 spiro atoms. The highest BCUT2D eigenvalue weighted by molar-refractivity contribution is 5.79. The van der Waals surface area contributed by atoms with Crippen molar-refractivity contribution in [1.82, 2.24) is 9.88 Å². The SMILES string of the molecule is O=C(Cc1cccc(O)c1)N1CCC[C@@H](OCc2cccnc2)C1. The second-order valence-electron chi connectivity index (χ2n) is 6.12. The van der Waals surface area contributed by atoms with Crippen molar-refractivity contribution in [3.05, 3.63) is 59.9 Å². The van der Waals surface area contributed by atoms with Crippen LogP contribution in [0.4, 0.5) is 0 Å². The van der Waals surface area contributed by atoms with Crippen molar-refractivity contribution in [2.75, 3.05) is 13.1 Å². The molecule has 1 N–H and O–H groups in total. The first kappa shape index (κ1) is 16.5. The third-order valence-corrected chi connectivity index (χ3v) is 4.21. The molecule has 1 aromatic heterocycles. The van der Waals surface area contributed by atoms with Crippen molar-refractivity contribution in [2.45, 2.75) is 32.0 Å². The maximum atomic E-state index is 12.5. The summed E-state index contributed by atoms with van der Waals surface area (Å²) in [5, 5.41) is 9.51. The number of aromatic nitrogens is 1. The fraction of sp³-hybridized carbons (Fsp3) is 0.368. The lowest BCUT2D eigenvalue weighted by atomic mass is 10.1. The van der Waals surface area contributed by atoms with Gasteiger partial charge in [-0.05, 0) is 42.2 Å². The summed E-state index contributed by atoms with van der Waals surface area (Å²) in [4.78, 5) is 18.4. The third-order valence-electron chi connectivity index (χ3n) is 4.21. The van der Waals surface area contributed by atoms with E-state index in [4.69, 9.17) is 4.74 Å². The lowest BCUT2D eigenvalue weighted by Gasteiger charge is -2.32. The standard InChI is InChI=1S/C19H22N2O3/c22-17-6-1-4-15(10-17)11-19(23)21-9-3-7-18(13-21)24-14-16-5-2-8-20-12-16/h1-2,4-6,8,10,12,18,22H,3,7,9,11,13-14H2/t18-/m1/s1. The Kier molecular flexibility index (Phi) is 5.43. The highest BCUT2D eigenvalue weighted by Gasteiger charge is 2.24. The highest BCUT2D eigenvalue weighted by atomic mass is 16.5. The monoisotopic (exact) mass is 326 g/mol. The van der Waals surface area contributed by atoms with Crippen molar-refractivity contribution in [3.8, 4) is 5.75 Å². The van der Waals surface area contributed by atoms with Crippen LogP contribution in [-0.4, -0.2) is 40.1 Å². The van der Waals surface area contributed by atoms with Crippen LogP contribution < -0.4 is 0 Å². The molecule has 0 bridgehead atoms. The summed E-state index contributed by atoms with van der Waals surface area (Å²) in [7, 11) is 0. The van der Waals surface area contributed by atoms with Crippen LogP contribution in [0.5, 0.6) is 5.75 Å². The van der Waals surface area contributed by atoms with E-state index < -0.39 is 0 Å². The van der Waals surface area contributed by atoms with E-state index in [2.05, 4.69) is 4.98 Å². The van der Waals surface area contributed by atoms with Gasteiger partial charge >= 0.3 is 0 Å². The second kappa shape index (κ2) is 7.93. The number of rotatable bonds is 5. The molecule has 5 heteroatoms. The first-order valence-electron chi connectivity index (χ1n) is 8.27. The quantitative estimate of drug-likeness (QED) is 0.917. The Morgan fingerprint density at radius 3 is 2.96 bits per heavy atom. The average Bonchev–Trinajstić information content (AvgIpc) is 2.61. The predicted octanol–water partition coefficient (Wildman–Crippen LogP) is 2.54. The summed E-state index contributed by atoms with van der Waals surface area (Å²) in [5.74, 6) is 0.270. The van der Waals surface area contributed by atoms with E-state index >= 15 is 0 Å². The largest absolute Gasteiger partial charge is 0.508 e. The molecule has 126 valence electrons. The number of piperidine rings is 1. The molecule has 2 aromatic rings. The smallest absolute Gasteiger partial charge is 0.227 e. The molecule has 24 heavy (non-hydrogen) atoms. The number of ether oxygens (including phenoxy) is 1. The molecule has 1 aliphatic rings. The van der Waals surface area contributed by atoms with Gasteiger partial charge in [0.1, 0.15) is 5.75 Å². The summed E-state index contributed by atoms with van der Waals surface area (Å²) in [6.45, 7) is 1.91. The second-order valence-corrected chi connectivity index (χ2v) is 6.12. The zero-order chi connectivity index (χ0) is 16.8. The lowest BCUT2D eigenvalue weighted by Crippen LogP contribution is -2.43. The van der Waals surface area contributed by atoms with Gasteiger partial charge in [-0.2, -0.15) is 0 Å². The molecule has 1 amide bonds. The molecule has 0 unspecified atom stereocenters. The van der Waals surface area contributed by atoms with Gasteiger partial charge in [0.25, 0.3) is 0 Å². The number of phenolic OH excluding ortho intramolecular Hbond substituents is 1. The Bertz CT molecular complexity index is 675. The minimum atomic E-state index is 0.0621. The van der Waals surface area contributed by atoms with E-state index in [-0.39, 0.29) is 17.8 Å². The topological polar surface area (TPSA) is 62.7 Å². The Hall–Kier alpha value is -2.40. The summed E-state index contributed by atoms with van der Waals surface area (Å²) >= 11 is 0. The number of pyridine rings is 1. The summed E-state index contributed by atoms with van der Waals surface area (Å²) in [6.07, 6.45) is 5.83. The molecular weight excluding hydrogens is 304 g/mol. The number of likely N-dealkylation sites (tertiary alicyclic amines) is 1. The molecule has 3 rings (SSSR count). The van der Waals surface area contributed by atoms with E-state index in [1.54, 1.807) is 30.6 Å². The average molecular weight is 326 g/mol. The predicted molar refractivity (Wildman–Crippen MR) is 90.4 cm³/mol. The van der Waals surface area contributed by atoms with Crippen LogP contribution in [0.15, 0.2) is 48.8 Å². The molecule has 0 radical (unpaired) electrons. The molecule has 1 aromatic carbocycles.